The topological polar surface area (TPSA) is 110 Å². The maximum atomic E-state index is 11.3. The number of rotatable bonds is 5. The molecule has 1 amide bonds. The highest BCUT2D eigenvalue weighted by atomic mass is 32.2. The predicted octanol–water partition coefficient (Wildman–Crippen LogP) is 1.49. The van der Waals surface area contributed by atoms with Crippen molar-refractivity contribution < 1.29 is 19.4 Å². The SMILES string of the molecule is CC(C)(C)OC(=O)NCCSc1nonc1C=NO. The summed E-state index contributed by atoms with van der Waals surface area (Å²) in [7, 11) is 0. The van der Waals surface area contributed by atoms with Crippen molar-refractivity contribution in [3.8, 4) is 0 Å². The van der Waals surface area contributed by atoms with Crippen LogP contribution in [0.15, 0.2) is 14.8 Å². The molecule has 0 radical (unpaired) electrons. The number of thioether (sulfide) groups is 1. The van der Waals surface area contributed by atoms with Crippen molar-refractivity contribution in [2.24, 2.45) is 5.16 Å². The quantitative estimate of drug-likeness (QED) is 0.278. The Morgan fingerprint density at radius 1 is 1.58 bits per heavy atom. The Labute approximate surface area is 114 Å². The second kappa shape index (κ2) is 6.98. The zero-order chi connectivity index (χ0) is 14.3. The number of oxime groups is 1. The first-order valence-corrected chi connectivity index (χ1v) is 6.50. The third-order valence-electron chi connectivity index (χ3n) is 1.67. The van der Waals surface area contributed by atoms with Gasteiger partial charge in [0, 0.05) is 12.3 Å². The van der Waals surface area contributed by atoms with Gasteiger partial charge >= 0.3 is 6.09 Å². The molecule has 19 heavy (non-hydrogen) atoms. The van der Waals surface area contributed by atoms with Gasteiger partial charge in [-0.15, -0.1) is 0 Å². The van der Waals surface area contributed by atoms with Crippen molar-refractivity contribution >= 4 is 24.1 Å². The monoisotopic (exact) mass is 288 g/mol. The average molecular weight is 288 g/mol. The van der Waals surface area contributed by atoms with Crippen molar-refractivity contribution in [1.82, 2.24) is 15.6 Å². The summed E-state index contributed by atoms with van der Waals surface area (Å²) in [5, 5.41) is 21.5. The molecule has 1 aromatic heterocycles. The largest absolute Gasteiger partial charge is 0.444 e. The van der Waals surface area contributed by atoms with Crippen LogP contribution in [-0.4, -0.2) is 45.7 Å². The van der Waals surface area contributed by atoms with E-state index in [1.54, 1.807) is 20.8 Å². The first kappa shape index (κ1) is 15.3. The molecule has 1 heterocycles. The zero-order valence-corrected chi connectivity index (χ0v) is 11.7. The lowest BCUT2D eigenvalue weighted by atomic mass is 10.2. The van der Waals surface area contributed by atoms with E-state index in [9.17, 15) is 4.79 Å². The smallest absolute Gasteiger partial charge is 0.407 e. The van der Waals surface area contributed by atoms with Gasteiger partial charge in [0.1, 0.15) is 5.60 Å². The highest BCUT2D eigenvalue weighted by Crippen LogP contribution is 2.16. The van der Waals surface area contributed by atoms with E-state index in [4.69, 9.17) is 9.94 Å². The molecule has 1 aromatic rings. The molecule has 0 fully saturated rings. The molecule has 9 heteroatoms. The number of hydrogen-bond acceptors (Lipinski definition) is 8. The Hall–Kier alpha value is -1.77. The van der Waals surface area contributed by atoms with Crippen molar-refractivity contribution in [3.63, 3.8) is 0 Å². The van der Waals surface area contributed by atoms with Gasteiger partial charge in [-0.25, -0.2) is 9.42 Å². The number of nitrogens with zero attached hydrogens (tertiary/aromatic N) is 3. The van der Waals surface area contributed by atoms with Crippen LogP contribution in [0.5, 0.6) is 0 Å². The van der Waals surface area contributed by atoms with Crippen molar-refractivity contribution in [2.75, 3.05) is 12.3 Å². The van der Waals surface area contributed by atoms with Crippen molar-refractivity contribution in [3.05, 3.63) is 5.69 Å². The number of hydrogen-bond donors (Lipinski definition) is 2. The minimum Gasteiger partial charge on any atom is -0.444 e. The maximum Gasteiger partial charge on any atom is 0.407 e. The molecule has 0 bridgehead atoms. The molecule has 0 unspecified atom stereocenters. The Bertz CT molecular complexity index is 441. The molecule has 0 saturated heterocycles. The van der Waals surface area contributed by atoms with Gasteiger partial charge in [-0.1, -0.05) is 16.9 Å². The summed E-state index contributed by atoms with van der Waals surface area (Å²) in [6, 6.07) is 0. The summed E-state index contributed by atoms with van der Waals surface area (Å²) in [5.74, 6) is 0.555. The van der Waals surface area contributed by atoms with Gasteiger partial charge in [-0.05, 0) is 31.1 Å². The fourth-order valence-electron chi connectivity index (χ4n) is 1.04. The van der Waals surface area contributed by atoms with Crippen molar-refractivity contribution in [1.29, 1.82) is 0 Å². The predicted molar refractivity (Wildman–Crippen MR) is 68.6 cm³/mol. The number of alkyl carbamates (subject to hydrolysis) is 1. The third kappa shape index (κ3) is 6.09. The lowest BCUT2D eigenvalue weighted by Gasteiger charge is -2.19. The minimum atomic E-state index is -0.516. The van der Waals surface area contributed by atoms with E-state index < -0.39 is 11.7 Å². The van der Waals surface area contributed by atoms with E-state index >= 15 is 0 Å². The number of amides is 1. The minimum absolute atomic E-state index is 0.338. The summed E-state index contributed by atoms with van der Waals surface area (Å²) in [6.45, 7) is 5.79. The van der Waals surface area contributed by atoms with Crippen LogP contribution in [0, 0.1) is 0 Å². The molecular formula is C10H16N4O4S. The molecule has 0 aliphatic heterocycles. The number of nitrogens with one attached hydrogen (secondary N) is 1. The van der Waals surface area contributed by atoms with Crippen LogP contribution >= 0.6 is 11.8 Å². The molecule has 0 spiro atoms. The average Bonchev–Trinajstić information content (AvgIpc) is 2.70. The maximum absolute atomic E-state index is 11.3. The number of carbonyl (C=O) groups is 1. The van der Waals surface area contributed by atoms with E-state index in [0.717, 1.165) is 6.21 Å². The summed E-state index contributed by atoms with van der Waals surface area (Å²) < 4.78 is 9.58. The van der Waals surface area contributed by atoms with Gasteiger partial charge in [0.25, 0.3) is 0 Å². The van der Waals surface area contributed by atoms with Gasteiger partial charge < -0.3 is 15.3 Å². The molecule has 0 aliphatic rings. The summed E-state index contributed by atoms with van der Waals surface area (Å²) in [5.41, 5.74) is -0.178. The van der Waals surface area contributed by atoms with Gasteiger partial charge in [0.15, 0.2) is 10.7 Å². The lowest BCUT2D eigenvalue weighted by molar-refractivity contribution is 0.0531. The van der Waals surface area contributed by atoms with Crippen LogP contribution in [0.25, 0.3) is 0 Å². The molecular weight excluding hydrogens is 272 g/mol. The first-order chi connectivity index (χ1) is 8.92. The number of carbonyl (C=O) groups excluding carboxylic acids is 1. The Balaban J connectivity index is 2.27. The zero-order valence-electron chi connectivity index (χ0n) is 10.9. The second-order valence-electron chi connectivity index (χ2n) is 4.48. The van der Waals surface area contributed by atoms with Crippen LogP contribution in [0.1, 0.15) is 26.5 Å². The number of aromatic nitrogens is 2. The van der Waals surface area contributed by atoms with E-state index in [1.165, 1.54) is 11.8 Å². The fourth-order valence-corrected chi connectivity index (χ4v) is 1.76. The lowest BCUT2D eigenvalue weighted by Crippen LogP contribution is -2.33. The van der Waals surface area contributed by atoms with Gasteiger partial charge in [0.2, 0.25) is 0 Å². The Kier molecular flexibility index (Phi) is 5.61. The standard InChI is InChI=1S/C10H16N4O4S/c1-10(2,3)17-9(15)11-4-5-19-8-7(6-12-16)13-18-14-8/h6,16H,4-5H2,1-3H3,(H,11,15). The Morgan fingerprint density at radius 3 is 2.95 bits per heavy atom. The first-order valence-electron chi connectivity index (χ1n) is 5.52. The highest BCUT2D eigenvalue weighted by Gasteiger charge is 2.15. The normalized spacial score (nSPS) is 11.7. The second-order valence-corrected chi connectivity index (χ2v) is 5.56. The van der Waals surface area contributed by atoms with E-state index in [-0.39, 0.29) is 0 Å². The highest BCUT2D eigenvalue weighted by molar-refractivity contribution is 7.99. The van der Waals surface area contributed by atoms with Crippen LogP contribution in [0.2, 0.25) is 0 Å². The van der Waals surface area contributed by atoms with Gasteiger partial charge in [-0.2, -0.15) is 0 Å². The van der Waals surface area contributed by atoms with Gasteiger partial charge in [0.05, 0.1) is 6.21 Å². The number of ether oxygens (including phenoxy) is 1. The Morgan fingerprint density at radius 2 is 2.32 bits per heavy atom. The van der Waals surface area contributed by atoms with Crippen molar-refractivity contribution in [2.45, 2.75) is 31.4 Å². The summed E-state index contributed by atoms with van der Waals surface area (Å²) in [6.07, 6.45) is 0.656. The van der Waals surface area contributed by atoms with Gasteiger partial charge in [-0.3, -0.25) is 0 Å². The van der Waals surface area contributed by atoms with E-state index in [0.29, 0.717) is 23.0 Å². The van der Waals surface area contributed by atoms with Crippen LogP contribution in [-0.2, 0) is 4.74 Å². The molecule has 0 saturated carbocycles. The molecule has 0 aromatic carbocycles. The molecule has 8 nitrogen and oxygen atoms in total. The summed E-state index contributed by atoms with van der Waals surface area (Å²) >= 11 is 1.31. The molecule has 0 atom stereocenters. The van der Waals surface area contributed by atoms with Crippen LogP contribution in [0.3, 0.4) is 0 Å². The third-order valence-corrected chi connectivity index (χ3v) is 2.64. The fraction of sp³-hybridized carbons (Fsp3) is 0.600. The van der Waals surface area contributed by atoms with E-state index in [2.05, 4.69) is 25.4 Å². The van der Waals surface area contributed by atoms with Crippen LogP contribution in [0.4, 0.5) is 4.79 Å². The molecule has 1 rings (SSSR count). The van der Waals surface area contributed by atoms with E-state index in [1.807, 2.05) is 0 Å². The molecule has 2 N–H and O–H groups in total. The summed E-state index contributed by atoms with van der Waals surface area (Å²) in [4.78, 5) is 11.3. The molecule has 106 valence electrons. The molecule has 0 aliphatic carbocycles. The van der Waals surface area contributed by atoms with Crippen LogP contribution < -0.4 is 5.32 Å².